The minimum absolute atomic E-state index is 0.101. The Hall–Kier alpha value is -1.39. The lowest BCUT2D eigenvalue weighted by Gasteiger charge is -2.28. The fraction of sp³-hybridized carbons (Fsp3) is 0.588. The van der Waals surface area contributed by atoms with Crippen LogP contribution in [0.15, 0.2) is 30.3 Å². The lowest BCUT2D eigenvalue weighted by molar-refractivity contribution is -0.145. The van der Waals surface area contributed by atoms with Crippen LogP contribution in [0, 0.1) is 0 Å². The summed E-state index contributed by atoms with van der Waals surface area (Å²) in [5.74, 6) is -0.267. The Morgan fingerprint density at radius 2 is 2.00 bits per heavy atom. The number of esters is 1. The third-order valence-corrected chi connectivity index (χ3v) is 3.77. The van der Waals surface area contributed by atoms with Gasteiger partial charge in [0.05, 0.1) is 25.7 Å². The van der Waals surface area contributed by atoms with Gasteiger partial charge in [-0.15, -0.1) is 0 Å². The van der Waals surface area contributed by atoms with Crippen LogP contribution >= 0.6 is 0 Å². The van der Waals surface area contributed by atoms with Gasteiger partial charge in [-0.1, -0.05) is 37.3 Å². The zero-order chi connectivity index (χ0) is 14.9. The van der Waals surface area contributed by atoms with Gasteiger partial charge in [-0.05, 0) is 24.9 Å². The smallest absolute Gasteiger partial charge is 0.313 e. The van der Waals surface area contributed by atoms with E-state index >= 15 is 0 Å². The van der Waals surface area contributed by atoms with Crippen LogP contribution in [-0.2, 0) is 14.3 Å². The van der Waals surface area contributed by atoms with Gasteiger partial charge in [0.25, 0.3) is 0 Å². The van der Waals surface area contributed by atoms with Gasteiger partial charge in [0.1, 0.15) is 0 Å². The van der Waals surface area contributed by atoms with Gasteiger partial charge in [0, 0.05) is 13.1 Å². The van der Waals surface area contributed by atoms with Crippen LogP contribution < -0.4 is 0 Å². The lowest BCUT2D eigenvalue weighted by Crippen LogP contribution is -2.37. The van der Waals surface area contributed by atoms with E-state index in [0.29, 0.717) is 6.61 Å². The highest BCUT2D eigenvalue weighted by Crippen LogP contribution is 2.22. The predicted octanol–water partition coefficient (Wildman–Crippen LogP) is 2.45. The van der Waals surface area contributed by atoms with E-state index in [1.54, 1.807) is 0 Å². The molecule has 1 fully saturated rings. The Bertz CT molecular complexity index is 415. The maximum Gasteiger partial charge on any atom is 0.313 e. The normalized spacial score (nSPS) is 17.4. The summed E-state index contributed by atoms with van der Waals surface area (Å²) >= 11 is 0. The van der Waals surface area contributed by atoms with Gasteiger partial charge in [-0.25, -0.2) is 0 Å². The molecule has 1 atom stereocenters. The highest BCUT2D eigenvalue weighted by atomic mass is 16.5. The molecule has 0 radical (unpaired) electrons. The van der Waals surface area contributed by atoms with Gasteiger partial charge in [-0.3, -0.25) is 9.69 Å². The molecule has 1 aromatic rings. The molecule has 4 heteroatoms. The number of morpholine rings is 1. The first-order valence-electron chi connectivity index (χ1n) is 7.83. The standard InChI is InChI=1S/C17H25NO3/c1-2-12-21-17(19)16(15-6-4-3-5-7-15)8-9-18-10-13-20-14-11-18/h3-7,16H,2,8-14H2,1H3. The molecule has 21 heavy (non-hydrogen) atoms. The van der Waals surface area contributed by atoms with Gasteiger partial charge < -0.3 is 9.47 Å². The van der Waals surface area contributed by atoms with Gasteiger partial charge in [0.15, 0.2) is 0 Å². The van der Waals surface area contributed by atoms with E-state index in [9.17, 15) is 4.79 Å². The largest absolute Gasteiger partial charge is 0.465 e. The molecule has 1 aliphatic heterocycles. The Morgan fingerprint density at radius 1 is 1.29 bits per heavy atom. The fourth-order valence-electron chi connectivity index (χ4n) is 2.55. The molecule has 1 heterocycles. The van der Waals surface area contributed by atoms with Crippen LogP contribution in [0.25, 0.3) is 0 Å². The predicted molar refractivity (Wildman–Crippen MR) is 82.3 cm³/mol. The topological polar surface area (TPSA) is 38.8 Å². The van der Waals surface area contributed by atoms with Gasteiger partial charge in [-0.2, -0.15) is 0 Å². The molecular formula is C17H25NO3. The van der Waals surface area contributed by atoms with Crippen molar-refractivity contribution < 1.29 is 14.3 Å². The molecule has 0 aromatic heterocycles. The number of nitrogens with zero attached hydrogens (tertiary/aromatic N) is 1. The molecule has 1 saturated heterocycles. The van der Waals surface area contributed by atoms with E-state index in [2.05, 4.69) is 4.90 Å². The van der Waals surface area contributed by atoms with Crippen molar-refractivity contribution in [3.8, 4) is 0 Å². The second-order valence-corrected chi connectivity index (χ2v) is 5.37. The summed E-state index contributed by atoms with van der Waals surface area (Å²) in [6, 6.07) is 9.95. The summed E-state index contributed by atoms with van der Waals surface area (Å²) < 4.78 is 10.7. The molecule has 0 aliphatic carbocycles. The average molecular weight is 291 g/mol. The van der Waals surface area contributed by atoms with Gasteiger partial charge >= 0.3 is 5.97 Å². The number of carbonyl (C=O) groups is 1. The molecule has 2 rings (SSSR count). The molecule has 1 aliphatic rings. The maximum absolute atomic E-state index is 12.3. The Kier molecular flexibility index (Phi) is 6.70. The van der Waals surface area contributed by atoms with E-state index in [4.69, 9.17) is 9.47 Å². The minimum atomic E-state index is -0.166. The summed E-state index contributed by atoms with van der Waals surface area (Å²) in [7, 11) is 0. The first-order valence-corrected chi connectivity index (χ1v) is 7.83. The highest BCUT2D eigenvalue weighted by Gasteiger charge is 2.23. The van der Waals surface area contributed by atoms with Crippen LogP contribution in [0.5, 0.6) is 0 Å². The Labute approximate surface area is 127 Å². The summed E-state index contributed by atoms with van der Waals surface area (Å²) in [6.45, 7) is 6.89. The number of carbonyl (C=O) groups excluding carboxylic acids is 1. The van der Waals surface area contributed by atoms with E-state index in [1.807, 2.05) is 37.3 Å². The van der Waals surface area contributed by atoms with Crippen molar-refractivity contribution in [2.75, 3.05) is 39.5 Å². The first kappa shape index (κ1) is 16.0. The zero-order valence-corrected chi connectivity index (χ0v) is 12.8. The van der Waals surface area contributed by atoms with Gasteiger partial charge in [0.2, 0.25) is 0 Å². The SMILES string of the molecule is CCCOC(=O)C(CCN1CCOCC1)c1ccccc1. The van der Waals surface area contributed by atoms with Crippen LogP contribution in [0.2, 0.25) is 0 Å². The average Bonchev–Trinajstić information content (AvgIpc) is 2.55. The summed E-state index contributed by atoms with van der Waals surface area (Å²) in [4.78, 5) is 14.7. The number of hydrogen-bond acceptors (Lipinski definition) is 4. The minimum Gasteiger partial charge on any atom is -0.465 e. The second kappa shape index (κ2) is 8.80. The first-order chi connectivity index (χ1) is 10.3. The maximum atomic E-state index is 12.3. The molecule has 1 unspecified atom stereocenters. The van der Waals surface area contributed by atoms with E-state index in [1.165, 1.54) is 0 Å². The van der Waals surface area contributed by atoms with Crippen molar-refractivity contribution in [3.63, 3.8) is 0 Å². The van der Waals surface area contributed by atoms with Crippen LogP contribution in [-0.4, -0.2) is 50.3 Å². The van der Waals surface area contributed by atoms with Crippen molar-refractivity contribution in [1.29, 1.82) is 0 Å². The second-order valence-electron chi connectivity index (χ2n) is 5.37. The molecule has 0 spiro atoms. The quantitative estimate of drug-likeness (QED) is 0.723. The van der Waals surface area contributed by atoms with Crippen molar-refractivity contribution in [3.05, 3.63) is 35.9 Å². The highest BCUT2D eigenvalue weighted by molar-refractivity contribution is 5.78. The van der Waals surface area contributed by atoms with E-state index in [0.717, 1.165) is 51.3 Å². The van der Waals surface area contributed by atoms with Crippen LogP contribution in [0.1, 0.15) is 31.2 Å². The number of benzene rings is 1. The third-order valence-electron chi connectivity index (χ3n) is 3.77. The number of rotatable bonds is 7. The van der Waals surface area contributed by atoms with Crippen LogP contribution in [0.4, 0.5) is 0 Å². The molecule has 116 valence electrons. The molecular weight excluding hydrogens is 266 g/mol. The molecule has 0 N–H and O–H groups in total. The molecule has 0 amide bonds. The van der Waals surface area contributed by atoms with Crippen molar-refractivity contribution >= 4 is 5.97 Å². The Morgan fingerprint density at radius 3 is 2.67 bits per heavy atom. The summed E-state index contributed by atoms with van der Waals surface area (Å²) in [5, 5.41) is 0. The van der Waals surface area contributed by atoms with Crippen molar-refractivity contribution in [2.45, 2.75) is 25.7 Å². The van der Waals surface area contributed by atoms with E-state index in [-0.39, 0.29) is 11.9 Å². The molecule has 0 bridgehead atoms. The number of ether oxygens (including phenoxy) is 2. The van der Waals surface area contributed by atoms with E-state index < -0.39 is 0 Å². The lowest BCUT2D eigenvalue weighted by atomic mass is 9.95. The summed E-state index contributed by atoms with van der Waals surface area (Å²) in [5.41, 5.74) is 1.05. The third kappa shape index (κ3) is 5.14. The molecule has 1 aromatic carbocycles. The molecule has 4 nitrogen and oxygen atoms in total. The van der Waals surface area contributed by atoms with Crippen molar-refractivity contribution in [2.24, 2.45) is 0 Å². The monoisotopic (exact) mass is 291 g/mol. The van der Waals surface area contributed by atoms with Crippen molar-refractivity contribution in [1.82, 2.24) is 4.90 Å². The zero-order valence-electron chi connectivity index (χ0n) is 12.8. The Balaban J connectivity index is 1.96. The van der Waals surface area contributed by atoms with Crippen LogP contribution in [0.3, 0.4) is 0 Å². The summed E-state index contributed by atoms with van der Waals surface area (Å²) in [6.07, 6.45) is 1.66. The number of hydrogen-bond donors (Lipinski definition) is 0. The molecule has 0 saturated carbocycles. The fourth-order valence-corrected chi connectivity index (χ4v) is 2.55.